The average molecular weight is 354 g/mol. The van der Waals surface area contributed by atoms with Gasteiger partial charge in [0.25, 0.3) is 0 Å². The van der Waals surface area contributed by atoms with Crippen LogP contribution in [0, 0.1) is 5.92 Å². The van der Waals surface area contributed by atoms with Gasteiger partial charge in [0.15, 0.2) is 4.67 Å². The van der Waals surface area contributed by atoms with Crippen molar-refractivity contribution >= 4 is 26.0 Å². The lowest BCUT2D eigenvalue weighted by Gasteiger charge is -2.27. The molecule has 110 valence electrons. The largest absolute Gasteiger partial charge is 0.450 e. The van der Waals surface area contributed by atoms with E-state index in [0.29, 0.717) is 6.54 Å². The first-order valence-electron chi connectivity index (χ1n) is 6.11. The first kappa shape index (κ1) is 16.7. The van der Waals surface area contributed by atoms with E-state index >= 15 is 0 Å². The molecule has 0 aromatic carbocycles. The Balaban J connectivity index is 3.22. The third kappa shape index (κ3) is 3.81. The Morgan fingerprint density at radius 1 is 1.37 bits per heavy atom. The third-order valence-electron chi connectivity index (χ3n) is 2.57. The number of furan rings is 1. The number of sulfonamides is 1. The molecular formula is C12H20BrNO4S. The number of hydrogen-bond donors (Lipinski definition) is 1. The molecule has 1 rings (SSSR count). The molecule has 0 radical (unpaired) electrons. The molecule has 1 heterocycles. The average Bonchev–Trinajstić information content (AvgIpc) is 2.67. The molecule has 0 saturated heterocycles. The number of rotatable bonds is 6. The minimum atomic E-state index is -3.63. The predicted molar refractivity (Wildman–Crippen MR) is 76.2 cm³/mol. The quantitative estimate of drug-likeness (QED) is 0.853. The van der Waals surface area contributed by atoms with Crippen LogP contribution in [0.2, 0.25) is 0 Å². The molecule has 0 spiro atoms. The summed E-state index contributed by atoms with van der Waals surface area (Å²) >= 11 is 3.09. The second kappa shape index (κ2) is 6.39. The van der Waals surface area contributed by atoms with E-state index in [9.17, 15) is 8.42 Å². The van der Waals surface area contributed by atoms with Crippen molar-refractivity contribution in [3.05, 3.63) is 16.5 Å². The van der Waals surface area contributed by atoms with Gasteiger partial charge in [0, 0.05) is 18.7 Å². The Labute approximate surface area is 122 Å². The molecule has 0 saturated carbocycles. The van der Waals surface area contributed by atoms with Gasteiger partial charge in [-0.1, -0.05) is 13.8 Å². The lowest BCUT2D eigenvalue weighted by molar-refractivity contribution is 0.245. The van der Waals surface area contributed by atoms with Crippen molar-refractivity contribution in [1.82, 2.24) is 4.31 Å². The van der Waals surface area contributed by atoms with E-state index in [4.69, 9.17) is 9.52 Å². The summed E-state index contributed by atoms with van der Waals surface area (Å²) in [6.45, 7) is 7.71. The van der Waals surface area contributed by atoms with Gasteiger partial charge in [-0.15, -0.1) is 0 Å². The van der Waals surface area contributed by atoms with Crippen LogP contribution >= 0.6 is 15.9 Å². The fourth-order valence-corrected chi connectivity index (χ4v) is 4.49. The Kier molecular flexibility index (Phi) is 5.61. The molecule has 5 nitrogen and oxygen atoms in total. The molecular weight excluding hydrogens is 334 g/mol. The Hall–Kier alpha value is -0.370. The minimum absolute atomic E-state index is 0.0610. The second-order valence-corrected chi connectivity index (χ2v) is 7.65. The fraction of sp³-hybridized carbons (Fsp3) is 0.667. The zero-order valence-corrected chi connectivity index (χ0v) is 14.0. The Bertz CT molecular complexity index is 522. The molecule has 0 bridgehead atoms. The monoisotopic (exact) mass is 353 g/mol. The molecule has 1 N–H and O–H groups in total. The lowest BCUT2D eigenvalue weighted by atomic mass is 10.2. The van der Waals surface area contributed by atoms with E-state index in [1.54, 1.807) is 0 Å². The Morgan fingerprint density at radius 2 is 1.95 bits per heavy atom. The van der Waals surface area contributed by atoms with E-state index in [2.05, 4.69) is 15.9 Å². The number of nitrogens with zero attached hydrogens (tertiary/aromatic N) is 1. The van der Waals surface area contributed by atoms with Gasteiger partial charge in [0.2, 0.25) is 10.0 Å². The summed E-state index contributed by atoms with van der Waals surface area (Å²) in [7, 11) is -3.63. The molecule has 7 heteroatoms. The second-order valence-electron chi connectivity index (χ2n) is 5.07. The van der Waals surface area contributed by atoms with Crippen molar-refractivity contribution < 1.29 is 17.9 Å². The summed E-state index contributed by atoms with van der Waals surface area (Å²) in [5.41, 5.74) is 0. The third-order valence-corrected chi connectivity index (χ3v) is 5.47. The predicted octanol–water partition coefficient (Wildman–Crippen LogP) is 2.59. The zero-order valence-electron chi connectivity index (χ0n) is 11.6. The van der Waals surface area contributed by atoms with Gasteiger partial charge in [-0.2, -0.15) is 4.31 Å². The lowest BCUT2D eigenvalue weighted by Crippen LogP contribution is -2.39. The molecule has 0 atom stereocenters. The summed E-state index contributed by atoms with van der Waals surface area (Å²) in [5, 5.41) is 9.01. The van der Waals surface area contributed by atoms with Crippen molar-refractivity contribution in [2.75, 3.05) is 6.54 Å². The van der Waals surface area contributed by atoms with Gasteiger partial charge >= 0.3 is 0 Å². The highest BCUT2D eigenvalue weighted by Gasteiger charge is 2.31. The minimum Gasteiger partial charge on any atom is -0.450 e. The molecule has 0 amide bonds. The number of aliphatic hydroxyl groups is 1. The van der Waals surface area contributed by atoms with E-state index in [-0.39, 0.29) is 33.9 Å². The summed E-state index contributed by atoms with van der Waals surface area (Å²) in [6.07, 6.45) is 0. The molecule has 0 aliphatic rings. The Morgan fingerprint density at radius 3 is 2.32 bits per heavy atom. The van der Waals surface area contributed by atoms with Crippen molar-refractivity contribution in [3.8, 4) is 0 Å². The normalized spacial score (nSPS) is 12.9. The van der Waals surface area contributed by atoms with Gasteiger partial charge in [-0.25, -0.2) is 8.42 Å². The molecule has 0 unspecified atom stereocenters. The van der Waals surface area contributed by atoms with Gasteiger partial charge in [-0.05, 0) is 35.7 Å². The molecule has 1 aromatic rings. The van der Waals surface area contributed by atoms with Crippen LogP contribution in [0.5, 0.6) is 0 Å². The summed E-state index contributed by atoms with van der Waals surface area (Å²) in [6, 6.07) is 1.21. The van der Waals surface area contributed by atoms with Crippen molar-refractivity contribution in [1.29, 1.82) is 0 Å². The van der Waals surface area contributed by atoms with E-state index in [1.165, 1.54) is 10.4 Å². The molecule has 1 aromatic heterocycles. The molecule has 0 aliphatic heterocycles. The maximum absolute atomic E-state index is 12.6. The smallest absolute Gasteiger partial charge is 0.247 e. The van der Waals surface area contributed by atoms with Crippen molar-refractivity contribution in [3.63, 3.8) is 0 Å². The van der Waals surface area contributed by atoms with Crippen LogP contribution in [0.25, 0.3) is 0 Å². The van der Waals surface area contributed by atoms with Crippen LogP contribution in [-0.4, -0.2) is 30.4 Å². The van der Waals surface area contributed by atoms with E-state index in [0.717, 1.165) is 0 Å². The van der Waals surface area contributed by atoms with Crippen LogP contribution in [0.3, 0.4) is 0 Å². The van der Waals surface area contributed by atoms with Crippen LogP contribution in [-0.2, 0) is 16.6 Å². The van der Waals surface area contributed by atoms with Gasteiger partial charge in [0.05, 0.1) is 0 Å². The zero-order chi connectivity index (χ0) is 14.8. The van der Waals surface area contributed by atoms with E-state index in [1.807, 2.05) is 27.7 Å². The SMILES string of the molecule is CC(C)CN(C(C)C)S(=O)(=O)c1cc(CO)oc1Br. The van der Waals surface area contributed by atoms with Crippen LogP contribution in [0.4, 0.5) is 0 Å². The van der Waals surface area contributed by atoms with Gasteiger partial charge < -0.3 is 9.52 Å². The van der Waals surface area contributed by atoms with Crippen LogP contribution in [0.15, 0.2) is 20.0 Å². The number of halogens is 1. The molecule has 0 aliphatic carbocycles. The highest BCUT2D eigenvalue weighted by molar-refractivity contribution is 9.10. The topological polar surface area (TPSA) is 70.8 Å². The molecule has 19 heavy (non-hydrogen) atoms. The van der Waals surface area contributed by atoms with Crippen molar-refractivity contribution in [2.45, 2.75) is 45.2 Å². The summed E-state index contributed by atoms with van der Waals surface area (Å²) in [4.78, 5) is 0.0610. The molecule has 0 fully saturated rings. The number of aliphatic hydroxyl groups excluding tert-OH is 1. The van der Waals surface area contributed by atoms with Gasteiger partial charge in [0.1, 0.15) is 17.3 Å². The standard InChI is InChI=1S/C12H20BrNO4S/c1-8(2)6-14(9(3)4)19(16,17)11-5-10(7-15)18-12(11)13/h5,8-9,15H,6-7H2,1-4H3. The highest BCUT2D eigenvalue weighted by Crippen LogP contribution is 2.30. The number of hydrogen-bond acceptors (Lipinski definition) is 4. The van der Waals surface area contributed by atoms with Crippen molar-refractivity contribution in [2.24, 2.45) is 5.92 Å². The van der Waals surface area contributed by atoms with Crippen LogP contribution in [0.1, 0.15) is 33.5 Å². The highest BCUT2D eigenvalue weighted by atomic mass is 79.9. The maximum atomic E-state index is 12.6. The summed E-state index contributed by atoms with van der Waals surface area (Å²) < 4.78 is 31.9. The van der Waals surface area contributed by atoms with E-state index < -0.39 is 10.0 Å². The fourth-order valence-electron chi connectivity index (χ4n) is 1.72. The summed E-state index contributed by atoms with van der Waals surface area (Å²) in [5.74, 6) is 0.443. The first-order chi connectivity index (χ1) is 8.70. The van der Waals surface area contributed by atoms with Crippen LogP contribution < -0.4 is 0 Å². The maximum Gasteiger partial charge on any atom is 0.247 e. The first-order valence-corrected chi connectivity index (χ1v) is 8.34. The van der Waals surface area contributed by atoms with Gasteiger partial charge in [-0.3, -0.25) is 0 Å².